The number of nitrogens with one attached hydrogen (secondary N) is 1. The molecule has 0 aromatic carbocycles. The number of hydrogen-bond donors (Lipinski definition) is 1. The molecule has 0 aromatic rings. The molecule has 1 atom stereocenters. The minimum Gasteiger partial charge on any atom is -0.335 e. The van der Waals surface area contributed by atoms with E-state index in [4.69, 9.17) is 0 Å². The zero-order valence-corrected chi connectivity index (χ0v) is 10.6. The number of hydrogen-bond acceptors (Lipinski definition) is 1. The third-order valence-corrected chi connectivity index (χ3v) is 3.94. The van der Waals surface area contributed by atoms with Crippen molar-refractivity contribution < 1.29 is 4.79 Å². The summed E-state index contributed by atoms with van der Waals surface area (Å²) in [6.07, 6.45) is 7.13. The molecule has 92 valence electrons. The Labute approximate surface area is 98.6 Å². The molecular weight excluding hydrogens is 200 g/mol. The Bertz CT molecular complexity index is 257. The lowest BCUT2D eigenvalue weighted by atomic mass is 9.92. The fraction of sp³-hybridized carbons (Fsp3) is 0.923. The Kier molecular flexibility index (Phi) is 3.41. The van der Waals surface area contributed by atoms with Crippen molar-refractivity contribution in [3.8, 4) is 0 Å². The fourth-order valence-electron chi connectivity index (χ4n) is 2.92. The molecule has 3 nitrogen and oxygen atoms in total. The lowest BCUT2D eigenvalue weighted by molar-refractivity contribution is 0.182. The number of urea groups is 1. The van der Waals surface area contributed by atoms with E-state index < -0.39 is 0 Å². The molecule has 0 bridgehead atoms. The number of likely N-dealkylation sites (tertiary alicyclic amines) is 1. The molecule has 3 heteroatoms. The first kappa shape index (κ1) is 11.7. The lowest BCUT2D eigenvalue weighted by Crippen LogP contribution is -2.46. The van der Waals surface area contributed by atoms with Crippen LogP contribution in [0.2, 0.25) is 0 Å². The molecule has 1 aliphatic heterocycles. The van der Waals surface area contributed by atoms with Crippen LogP contribution in [0.3, 0.4) is 0 Å². The van der Waals surface area contributed by atoms with E-state index in [0.717, 1.165) is 25.9 Å². The SMILES string of the molecule is CC1(C)CCC(NC(=O)N2CCCCC2)C1. The van der Waals surface area contributed by atoms with Gasteiger partial charge in [-0.3, -0.25) is 0 Å². The molecule has 1 N–H and O–H groups in total. The first-order chi connectivity index (χ1) is 7.57. The number of carbonyl (C=O) groups is 1. The van der Waals surface area contributed by atoms with E-state index in [1.165, 1.54) is 25.7 Å². The Balaban J connectivity index is 1.79. The minimum absolute atomic E-state index is 0.169. The van der Waals surface area contributed by atoms with Gasteiger partial charge in [0.15, 0.2) is 0 Å². The highest BCUT2D eigenvalue weighted by Gasteiger charge is 2.32. The van der Waals surface area contributed by atoms with Crippen LogP contribution in [-0.2, 0) is 0 Å². The van der Waals surface area contributed by atoms with E-state index in [9.17, 15) is 4.79 Å². The molecule has 2 rings (SSSR count). The summed E-state index contributed by atoms with van der Waals surface area (Å²) in [5, 5.41) is 3.19. The highest BCUT2D eigenvalue weighted by atomic mass is 16.2. The monoisotopic (exact) mass is 224 g/mol. The molecule has 2 fully saturated rings. The second-order valence-corrected chi connectivity index (χ2v) is 6.10. The summed E-state index contributed by atoms with van der Waals surface area (Å²) < 4.78 is 0. The maximum absolute atomic E-state index is 12.0. The number of nitrogens with zero attached hydrogens (tertiary/aromatic N) is 1. The van der Waals surface area contributed by atoms with Crippen LogP contribution in [0.5, 0.6) is 0 Å². The van der Waals surface area contributed by atoms with Crippen molar-refractivity contribution >= 4 is 6.03 Å². The number of rotatable bonds is 1. The van der Waals surface area contributed by atoms with Crippen molar-refractivity contribution in [1.82, 2.24) is 10.2 Å². The molecule has 2 aliphatic rings. The molecule has 16 heavy (non-hydrogen) atoms. The standard InChI is InChI=1S/C13H24N2O/c1-13(2)7-6-11(10-13)14-12(16)15-8-4-3-5-9-15/h11H,3-10H2,1-2H3,(H,14,16). The zero-order chi connectivity index (χ0) is 11.6. The van der Waals surface area contributed by atoms with Crippen LogP contribution in [-0.4, -0.2) is 30.1 Å². The van der Waals surface area contributed by atoms with Gasteiger partial charge >= 0.3 is 6.03 Å². The first-order valence-electron chi connectivity index (χ1n) is 6.62. The minimum atomic E-state index is 0.169. The number of piperidine rings is 1. The van der Waals surface area contributed by atoms with Crippen LogP contribution in [0, 0.1) is 5.41 Å². The topological polar surface area (TPSA) is 32.3 Å². The molecule has 0 aromatic heterocycles. The van der Waals surface area contributed by atoms with E-state index in [-0.39, 0.29) is 6.03 Å². The quantitative estimate of drug-likeness (QED) is 0.730. The summed E-state index contributed by atoms with van der Waals surface area (Å²) in [4.78, 5) is 14.0. The molecule has 0 radical (unpaired) electrons. The van der Waals surface area contributed by atoms with Crippen molar-refractivity contribution in [2.24, 2.45) is 5.41 Å². The van der Waals surface area contributed by atoms with Crippen molar-refractivity contribution in [3.05, 3.63) is 0 Å². The van der Waals surface area contributed by atoms with Gasteiger partial charge in [-0.05, 0) is 43.9 Å². The number of amides is 2. The van der Waals surface area contributed by atoms with E-state index in [1.807, 2.05) is 4.90 Å². The van der Waals surface area contributed by atoms with E-state index in [2.05, 4.69) is 19.2 Å². The van der Waals surface area contributed by atoms with Gasteiger partial charge in [0.25, 0.3) is 0 Å². The van der Waals surface area contributed by atoms with E-state index in [1.54, 1.807) is 0 Å². The highest BCUT2D eigenvalue weighted by molar-refractivity contribution is 5.74. The molecule has 1 saturated carbocycles. The molecule has 1 heterocycles. The van der Waals surface area contributed by atoms with Gasteiger partial charge in [0.2, 0.25) is 0 Å². The summed E-state index contributed by atoms with van der Waals surface area (Å²) in [7, 11) is 0. The van der Waals surface area contributed by atoms with Crippen molar-refractivity contribution in [3.63, 3.8) is 0 Å². The third-order valence-electron chi connectivity index (χ3n) is 3.94. The van der Waals surface area contributed by atoms with Crippen LogP contribution in [0.25, 0.3) is 0 Å². The normalized spacial score (nSPS) is 29.1. The van der Waals surface area contributed by atoms with Gasteiger partial charge in [-0.25, -0.2) is 4.79 Å². The fourth-order valence-corrected chi connectivity index (χ4v) is 2.92. The zero-order valence-electron chi connectivity index (χ0n) is 10.6. The summed E-state index contributed by atoms with van der Waals surface area (Å²) in [6, 6.07) is 0.576. The average Bonchev–Trinajstić information content (AvgIpc) is 2.59. The third kappa shape index (κ3) is 2.89. The Hall–Kier alpha value is -0.730. The van der Waals surface area contributed by atoms with Gasteiger partial charge in [-0.1, -0.05) is 13.8 Å². The van der Waals surface area contributed by atoms with Gasteiger partial charge < -0.3 is 10.2 Å². The predicted molar refractivity (Wildman–Crippen MR) is 65.4 cm³/mol. The molecule has 2 amide bonds. The number of carbonyl (C=O) groups excluding carboxylic acids is 1. The molecule has 1 unspecified atom stereocenters. The maximum atomic E-state index is 12.0. The van der Waals surface area contributed by atoms with Crippen LogP contribution in [0.4, 0.5) is 4.79 Å². The van der Waals surface area contributed by atoms with E-state index >= 15 is 0 Å². The van der Waals surface area contributed by atoms with Crippen molar-refractivity contribution in [2.75, 3.05) is 13.1 Å². The second kappa shape index (κ2) is 4.64. The van der Waals surface area contributed by atoms with E-state index in [0.29, 0.717) is 11.5 Å². The second-order valence-electron chi connectivity index (χ2n) is 6.10. The lowest BCUT2D eigenvalue weighted by Gasteiger charge is -2.28. The maximum Gasteiger partial charge on any atom is 0.317 e. The molecule has 1 aliphatic carbocycles. The van der Waals surface area contributed by atoms with Crippen LogP contribution in [0.1, 0.15) is 52.4 Å². The Morgan fingerprint density at radius 3 is 2.50 bits per heavy atom. The van der Waals surface area contributed by atoms with Crippen molar-refractivity contribution in [2.45, 2.75) is 58.4 Å². The molecule has 0 spiro atoms. The van der Waals surface area contributed by atoms with Crippen LogP contribution >= 0.6 is 0 Å². The summed E-state index contributed by atoms with van der Waals surface area (Å²) in [5.41, 5.74) is 0.417. The first-order valence-corrected chi connectivity index (χ1v) is 6.62. The predicted octanol–water partition coefficient (Wildman–Crippen LogP) is 2.76. The Morgan fingerprint density at radius 1 is 1.25 bits per heavy atom. The average molecular weight is 224 g/mol. The van der Waals surface area contributed by atoms with Gasteiger partial charge in [0.1, 0.15) is 0 Å². The highest BCUT2D eigenvalue weighted by Crippen LogP contribution is 2.36. The van der Waals surface area contributed by atoms with Crippen molar-refractivity contribution in [1.29, 1.82) is 0 Å². The smallest absolute Gasteiger partial charge is 0.317 e. The Morgan fingerprint density at radius 2 is 1.94 bits per heavy atom. The summed E-state index contributed by atoms with van der Waals surface area (Å²) in [6.45, 7) is 6.48. The molecule has 1 saturated heterocycles. The van der Waals surface area contributed by atoms with Crippen LogP contribution < -0.4 is 5.32 Å². The largest absolute Gasteiger partial charge is 0.335 e. The molecular formula is C13H24N2O. The van der Waals surface area contributed by atoms with Gasteiger partial charge in [0.05, 0.1) is 0 Å². The summed E-state index contributed by atoms with van der Waals surface area (Å²) >= 11 is 0. The van der Waals surface area contributed by atoms with Gasteiger partial charge in [0, 0.05) is 19.1 Å². The summed E-state index contributed by atoms with van der Waals surface area (Å²) in [5.74, 6) is 0. The van der Waals surface area contributed by atoms with Crippen LogP contribution in [0.15, 0.2) is 0 Å². The van der Waals surface area contributed by atoms with Gasteiger partial charge in [-0.15, -0.1) is 0 Å². The van der Waals surface area contributed by atoms with Gasteiger partial charge in [-0.2, -0.15) is 0 Å².